The van der Waals surface area contributed by atoms with Crippen molar-refractivity contribution < 1.29 is 35.9 Å². The fourth-order valence-corrected chi connectivity index (χ4v) is 2.16. The van der Waals surface area contributed by atoms with E-state index < -0.39 is 36.3 Å². The largest absolute Gasteiger partial charge is 0.459 e. The number of rotatable bonds is 6. The molecule has 132 valence electrons. The van der Waals surface area contributed by atoms with Gasteiger partial charge in [-0.2, -0.15) is 22.0 Å². The van der Waals surface area contributed by atoms with Crippen LogP contribution in [0.4, 0.5) is 26.3 Å². The van der Waals surface area contributed by atoms with Crippen molar-refractivity contribution in [1.29, 1.82) is 0 Å². The van der Waals surface area contributed by atoms with Crippen LogP contribution in [0.1, 0.15) is 47.5 Å². The Morgan fingerprint density at radius 2 is 1.50 bits per heavy atom. The lowest BCUT2D eigenvalue weighted by Crippen LogP contribution is -2.46. The molecule has 0 saturated heterocycles. The third kappa shape index (κ3) is 6.04. The van der Waals surface area contributed by atoms with Gasteiger partial charge < -0.3 is 4.74 Å². The van der Waals surface area contributed by atoms with Gasteiger partial charge in [0.2, 0.25) is 0 Å². The first kappa shape index (κ1) is 21.0. The smallest absolute Gasteiger partial charge is 0.425 e. The van der Waals surface area contributed by atoms with E-state index >= 15 is 0 Å². The summed E-state index contributed by atoms with van der Waals surface area (Å²) in [4.78, 5) is 11.9. The Bertz CT molecular complexity index is 386. The highest BCUT2D eigenvalue weighted by Gasteiger charge is 2.57. The standard InChI is InChI=1S/C14H22F6O2/c1-6-12(5,7-11(2,3)4)10(21)22-8-13(16,17)9(15)14(18,19)20/h9H,6-8H2,1-5H3. The number of carbonyl (C=O) groups excluding carboxylic acids is 1. The highest BCUT2D eigenvalue weighted by Crippen LogP contribution is 2.39. The third-order valence-corrected chi connectivity index (χ3v) is 3.25. The quantitative estimate of drug-likeness (QED) is 0.508. The highest BCUT2D eigenvalue weighted by molar-refractivity contribution is 5.76. The molecule has 22 heavy (non-hydrogen) atoms. The Balaban J connectivity index is 4.92. The first-order chi connectivity index (χ1) is 9.55. The lowest BCUT2D eigenvalue weighted by Gasteiger charge is -2.33. The molecule has 0 aliphatic heterocycles. The van der Waals surface area contributed by atoms with Crippen molar-refractivity contribution in [3.05, 3.63) is 0 Å². The van der Waals surface area contributed by atoms with Crippen molar-refractivity contribution >= 4 is 5.97 Å². The number of ether oxygens (including phenoxy) is 1. The zero-order chi connectivity index (χ0) is 18.0. The van der Waals surface area contributed by atoms with Gasteiger partial charge in [-0.25, -0.2) is 4.39 Å². The minimum absolute atomic E-state index is 0.257. The molecule has 0 fully saturated rings. The van der Waals surface area contributed by atoms with E-state index in [0.29, 0.717) is 6.42 Å². The number of esters is 1. The Kier molecular flexibility index (Phi) is 6.37. The zero-order valence-electron chi connectivity index (χ0n) is 13.3. The second-order valence-electron chi connectivity index (χ2n) is 6.89. The van der Waals surface area contributed by atoms with E-state index in [0.717, 1.165) is 0 Å². The zero-order valence-corrected chi connectivity index (χ0v) is 13.3. The van der Waals surface area contributed by atoms with Gasteiger partial charge in [0.25, 0.3) is 6.17 Å². The number of alkyl halides is 6. The third-order valence-electron chi connectivity index (χ3n) is 3.25. The molecule has 0 amide bonds. The topological polar surface area (TPSA) is 26.3 Å². The summed E-state index contributed by atoms with van der Waals surface area (Å²) in [5.41, 5.74) is -1.45. The van der Waals surface area contributed by atoms with E-state index in [1.54, 1.807) is 6.92 Å². The van der Waals surface area contributed by atoms with E-state index in [-0.39, 0.29) is 11.8 Å². The summed E-state index contributed by atoms with van der Waals surface area (Å²) in [7, 11) is 0. The van der Waals surface area contributed by atoms with Crippen molar-refractivity contribution in [1.82, 2.24) is 0 Å². The Morgan fingerprint density at radius 1 is 1.05 bits per heavy atom. The van der Waals surface area contributed by atoms with Gasteiger partial charge in [0.05, 0.1) is 5.41 Å². The fourth-order valence-electron chi connectivity index (χ4n) is 2.16. The summed E-state index contributed by atoms with van der Waals surface area (Å²) >= 11 is 0. The van der Waals surface area contributed by atoms with Crippen LogP contribution in [0.2, 0.25) is 0 Å². The normalized spacial score (nSPS) is 17.8. The minimum Gasteiger partial charge on any atom is -0.459 e. The molecule has 0 aromatic carbocycles. The van der Waals surface area contributed by atoms with Crippen LogP contribution in [-0.4, -0.2) is 30.8 Å². The molecule has 2 nitrogen and oxygen atoms in total. The maximum atomic E-state index is 13.1. The molecule has 0 bridgehead atoms. The van der Waals surface area contributed by atoms with E-state index in [9.17, 15) is 31.1 Å². The van der Waals surface area contributed by atoms with Gasteiger partial charge in [-0.05, 0) is 25.2 Å². The monoisotopic (exact) mass is 336 g/mol. The van der Waals surface area contributed by atoms with E-state index in [4.69, 9.17) is 0 Å². The van der Waals surface area contributed by atoms with Crippen LogP contribution in [-0.2, 0) is 9.53 Å². The molecular weight excluding hydrogens is 314 g/mol. The van der Waals surface area contributed by atoms with Crippen molar-refractivity contribution in [2.45, 2.75) is 65.7 Å². The Hall–Kier alpha value is -0.950. The van der Waals surface area contributed by atoms with Gasteiger partial charge in [-0.1, -0.05) is 27.7 Å². The first-order valence-corrected chi connectivity index (χ1v) is 6.81. The lowest BCUT2D eigenvalue weighted by atomic mass is 9.73. The van der Waals surface area contributed by atoms with E-state index in [1.807, 2.05) is 20.8 Å². The summed E-state index contributed by atoms with van der Waals surface area (Å²) < 4.78 is 79.3. The molecular formula is C14H22F6O2. The molecule has 2 unspecified atom stereocenters. The fraction of sp³-hybridized carbons (Fsp3) is 0.929. The van der Waals surface area contributed by atoms with Gasteiger partial charge >= 0.3 is 18.1 Å². The van der Waals surface area contributed by atoms with Crippen LogP contribution in [0.5, 0.6) is 0 Å². The van der Waals surface area contributed by atoms with Crippen molar-refractivity contribution in [3.8, 4) is 0 Å². The Morgan fingerprint density at radius 3 is 1.82 bits per heavy atom. The SMILES string of the molecule is CCC(C)(CC(C)(C)C)C(=O)OCC(F)(F)C(F)C(F)(F)F. The molecule has 2 atom stereocenters. The average Bonchev–Trinajstić information content (AvgIpc) is 2.31. The van der Waals surface area contributed by atoms with Gasteiger partial charge in [0.1, 0.15) is 0 Å². The van der Waals surface area contributed by atoms with Crippen LogP contribution in [0.15, 0.2) is 0 Å². The summed E-state index contributed by atoms with van der Waals surface area (Å²) in [6.07, 6.45) is -9.54. The summed E-state index contributed by atoms with van der Waals surface area (Å²) in [5, 5.41) is 0. The van der Waals surface area contributed by atoms with Gasteiger partial charge in [-0.15, -0.1) is 0 Å². The van der Waals surface area contributed by atoms with Crippen molar-refractivity contribution in [2.24, 2.45) is 10.8 Å². The highest BCUT2D eigenvalue weighted by atomic mass is 19.4. The second-order valence-corrected chi connectivity index (χ2v) is 6.89. The molecule has 8 heteroatoms. The number of carbonyl (C=O) groups is 1. The summed E-state index contributed by atoms with van der Waals surface area (Å²) in [6.45, 7) is 6.65. The van der Waals surface area contributed by atoms with Crippen LogP contribution in [0.25, 0.3) is 0 Å². The molecule has 0 aromatic heterocycles. The average molecular weight is 336 g/mol. The summed E-state index contributed by atoms with van der Waals surface area (Å²) in [6, 6.07) is 0. The minimum atomic E-state index is -5.71. The predicted octanol–water partition coefficient (Wildman–Crippen LogP) is 4.92. The second kappa shape index (κ2) is 6.66. The molecule has 0 heterocycles. The van der Waals surface area contributed by atoms with Gasteiger partial charge in [0.15, 0.2) is 6.61 Å². The van der Waals surface area contributed by atoms with Crippen LogP contribution in [0, 0.1) is 10.8 Å². The van der Waals surface area contributed by atoms with Crippen LogP contribution >= 0.6 is 0 Å². The van der Waals surface area contributed by atoms with Crippen LogP contribution < -0.4 is 0 Å². The van der Waals surface area contributed by atoms with Gasteiger partial charge in [0, 0.05) is 0 Å². The Labute approximate surface area is 126 Å². The number of hydrogen-bond donors (Lipinski definition) is 0. The van der Waals surface area contributed by atoms with Gasteiger partial charge in [-0.3, -0.25) is 4.79 Å². The number of halogens is 6. The predicted molar refractivity (Wildman–Crippen MR) is 69.3 cm³/mol. The first-order valence-electron chi connectivity index (χ1n) is 6.81. The molecule has 0 aromatic rings. The maximum Gasteiger partial charge on any atom is 0.425 e. The molecule has 0 aliphatic carbocycles. The molecule has 0 spiro atoms. The molecule has 0 saturated carbocycles. The number of hydrogen-bond acceptors (Lipinski definition) is 2. The summed E-state index contributed by atoms with van der Waals surface area (Å²) in [5.74, 6) is -5.87. The van der Waals surface area contributed by atoms with E-state index in [2.05, 4.69) is 4.74 Å². The van der Waals surface area contributed by atoms with Crippen molar-refractivity contribution in [3.63, 3.8) is 0 Å². The maximum absolute atomic E-state index is 13.1. The molecule has 0 N–H and O–H groups in total. The van der Waals surface area contributed by atoms with Crippen LogP contribution in [0.3, 0.4) is 0 Å². The molecule has 0 radical (unpaired) electrons. The van der Waals surface area contributed by atoms with Crippen molar-refractivity contribution in [2.75, 3.05) is 6.61 Å². The molecule has 0 aliphatic rings. The van der Waals surface area contributed by atoms with E-state index in [1.165, 1.54) is 6.92 Å². The lowest BCUT2D eigenvalue weighted by molar-refractivity contribution is -0.255. The molecule has 0 rings (SSSR count).